The summed E-state index contributed by atoms with van der Waals surface area (Å²) in [6.45, 7) is 7.73. The molecule has 1 aromatic heterocycles. The van der Waals surface area contributed by atoms with Crippen LogP contribution in [0.25, 0.3) is 0 Å². The van der Waals surface area contributed by atoms with Gasteiger partial charge in [-0.2, -0.15) is 0 Å². The second kappa shape index (κ2) is 7.39. The molecule has 0 bridgehead atoms. The molecule has 2 aliphatic heterocycles. The van der Waals surface area contributed by atoms with Crippen molar-refractivity contribution in [2.45, 2.75) is 32.6 Å². The van der Waals surface area contributed by atoms with E-state index in [1.807, 2.05) is 18.7 Å². The first-order valence-electron chi connectivity index (χ1n) is 9.94. The highest BCUT2D eigenvalue weighted by molar-refractivity contribution is 5.92. The fourth-order valence-electron chi connectivity index (χ4n) is 4.51. The Morgan fingerprint density at radius 1 is 1.30 bits per heavy atom. The van der Waals surface area contributed by atoms with Crippen LogP contribution in [0.4, 0.5) is 0 Å². The molecular weight excluding hydrogens is 336 g/mol. The lowest BCUT2D eigenvalue weighted by Gasteiger charge is -2.28. The number of carbonyl (C=O) groups is 1. The van der Waals surface area contributed by atoms with E-state index in [0.29, 0.717) is 11.6 Å². The highest BCUT2D eigenvalue weighted by Crippen LogP contribution is 2.43. The van der Waals surface area contributed by atoms with Gasteiger partial charge < -0.3 is 10.2 Å². The van der Waals surface area contributed by atoms with Crippen LogP contribution in [0.3, 0.4) is 0 Å². The molecule has 5 nitrogen and oxygen atoms in total. The maximum Gasteiger partial charge on any atom is 0.272 e. The topological polar surface area (TPSA) is 58.1 Å². The number of hydrogen-bond acceptors (Lipinski definition) is 4. The van der Waals surface area contributed by atoms with E-state index in [2.05, 4.69) is 45.6 Å². The van der Waals surface area contributed by atoms with Crippen LogP contribution < -0.4 is 5.32 Å². The van der Waals surface area contributed by atoms with Crippen molar-refractivity contribution in [2.24, 2.45) is 11.3 Å². The van der Waals surface area contributed by atoms with Crippen molar-refractivity contribution < 1.29 is 4.79 Å². The van der Waals surface area contributed by atoms with Crippen LogP contribution in [0.5, 0.6) is 0 Å². The Labute approximate surface area is 161 Å². The Hall–Kier alpha value is -2.27. The summed E-state index contributed by atoms with van der Waals surface area (Å²) >= 11 is 0. The van der Waals surface area contributed by atoms with E-state index in [-0.39, 0.29) is 17.2 Å². The minimum Gasteiger partial charge on any atom is -0.336 e. The Kier molecular flexibility index (Phi) is 4.96. The zero-order chi connectivity index (χ0) is 18.9. The van der Waals surface area contributed by atoms with Gasteiger partial charge >= 0.3 is 0 Å². The van der Waals surface area contributed by atoms with Crippen LogP contribution in [0.15, 0.2) is 42.6 Å². The largest absolute Gasteiger partial charge is 0.336 e. The van der Waals surface area contributed by atoms with E-state index in [1.54, 1.807) is 12.3 Å². The van der Waals surface area contributed by atoms with Gasteiger partial charge in [-0.05, 0) is 30.4 Å². The highest BCUT2D eigenvalue weighted by Gasteiger charge is 2.50. The second-order valence-corrected chi connectivity index (χ2v) is 8.32. The Morgan fingerprint density at radius 3 is 2.89 bits per heavy atom. The lowest BCUT2D eigenvalue weighted by molar-refractivity contribution is 0.0762. The number of amides is 1. The molecule has 4 rings (SSSR count). The van der Waals surface area contributed by atoms with E-state index in [4.69, 9.17) is 0 Å². The number of carbonyl (C=O) groups excluding carboxylic acids is 1. The minimum absolute atomic E-state index is 0.0489. The predicted molar refractivity (Wildman–Crippen MR) is 106 cm³/mol. The lowest BCUT2D eigenvalue weighted by atomic mass is 9.76. The molecule has 2 aromatic rings. The molecule has 0 radical (unpaired) electrons. The van der Waals surface area contributed by atoms with Crippen molar-refractivity contribution in [1.29, 1.82) is 0 Å². The van der Waals surface area contributed by atoms with Crippen LogP contribution in [0, 0.1) is 11.3 Å². The number of aromatic nitrogens is 2. The first-order valence-corrected chi connectivity index (χ1v) is 9.94. The van der Waals surface area contributed by atoms with Crippen molar-refractivity contribution >= 4 is 5.91 Å². The van der Waals surface area contributed by atoms with Gasteiger partial charge in [-0.3, -0.25) is 4.79 Å². The molecule has 142 valence electrons. The fourth-order valence-corrected chi connectivity index (χ4v) is 4.51. The van der Waals surface area contributed by atoms with Gasteiger partial charge in [0.05, 0.1) is 0 Å². The summed E-state index contributed by atoms with van der Waals surface area (Å²) in [6, 6.07) is 12.4. The molecular formula is C22H28N4O. The van der Waals surface area contributed by atoms with Gasteiger partial charge in [0.2, 0.25) is 0 Å². The Bertz CT molecular complexity index is 807. The molecule has 1 N–H and O–H groups in total. The number of benzene rings is 1. The standard InChI is InChI=1S/C22H28N4O/c1-16(2)20-24-11-9-19(25-20)21(27)26-13-18-12-23-14-22(18,15-26)10-8-17-6-4-3-5-7-17/h3-7,9,11,16,18,23H,8,10,12-15H2,1-2H3. The lowest BCUT2D eigenvalue weighted by Crippen LogP contribution is -2.36. The Morgan fingerprint density at radius 2 is 2.11 bits per heavy atom. The van der Waals surface area contributed by atoms with Crippen molar-refractivity contribution in [3.8, 4) is 0 Å². The average Bonchev–Trinajstić information content (AvgIpc) is 3.24. The number of fused-ring (bicyclic) bond motifs is 1. The van der Waals surface area contributed by atoms with Gasteiger partial charge in [0.1, 0.15) is 11.5 Å². The number of likely N-dealkylation sites (tertiary alicyclic amines) is 1. The summed E-state index contributed by atoms with van der Waals surface area (Å²) in [5, 5.41) is 3.56. The molecule has 5 heteroatoms. The van der Waals surface area contributed by atoms with Crippen molar-refractivity contribution in [1.82, 2.24) is 20.2 Å². The summed E-state index contributed by atoms with van der Waals surface area (Å²) in [5.41, 5.74) is 2.08. The van der Waals surface area contributed by atoms with Crippen molar-refractivity contribution in [3.05, 3.63) is 59.7 Å². The molecule has 1 amide bonds. The number of nitrogens with zero attached hydrogens (tertiary/aromatic N) is 3. The molecule has 0 saturated carbocycles. The average molecular weight is 364 g/mol. The zero-order valence-corrected chi connectivity index (χ0v) is 16.2. The molecule has 0 spiro atoms. The van der Waals surface area contributed by atoms with E-state index < -0.39 is 0 Å². The van der Waals surface area contributed by atoms with E-state index >= 15 is 0 Å². The summed E-state index contributed by atoms with van der Waals surface area (Å²) in [4.78, 5) is 23.9. The quantitative estimate of drug-likeness (QED) is 0.886. The highest BCUT2D eigenvalue weighted by atomic mass is 16.2. The van der Waals surface area contributed by atoms with Crippen molar-refractivity contribution in [2.75, 3.05) is 26.2 Å². The predicted octanol–water partition coefficient (Wildman–Crippen LogP) is 2.89. The number of rotatable bonds is 5. The molecule has 2 fully saturated rings. The maximum atomic E-state index is 13.1. The van der Waals surface area contributed by atoms with Gasteiger partial charge in [0, 0.05) is 43.7 Å². The smallest absolute Gasteiger partial charge is 0.272 e. The molecule has 2 unspecified atom stereocenters. The summed E-state index contributed by atoms with van der Waals surface area (Å²) < 4.78 is 0. The SMILES string of the molecule is CC(C)c1nccc(C(=O)N2CC3CNCC3(CCc3ccccc3)C2)n1. The molecule has 2 atom stereocenters. The van der Waals surface area contributed by atoms with Gasteiger partial charge in [-0.25, -0.2) is 9.97 Å². The van der Waals surface area contributed by atoms with Crippen LogP contribution in [0.2, 0.25) is 0 Å². The monoisotopic (exact) mass is 364 g/mol. The minimum atomic E-state index is 0.0489. The van der Waals surface area contributed by atoms with E-state index in [1.165, 1.54) is 5.56 Å². The van der Waals surface area contributed by atoms with Gasteiger partial charge in [0.15, 0.2) is 0 Å². The molecule has 2 aliphatic rings. The number of aryl methyl sites for hydroxylation is 1. The number of nitrogens with one attached hydrogen (secondary N) is 1. The second-order valence-electron chi connectivity index (χ2n) is 8.32. The fraction of sp³-hybridized carbons (Fsp3) is 0.500. The van der Waals surface area contributed by atoms with Gasteiger partial charge in [0.25, 0.3) is 5.91 Å². The first kappa shape index (κ1) is 18.1. The van der Waals surface area contributed by atoms with E-state index in [9.17, 15) is 4.79 Å². The Balaban J connectivity index is 1.48. The maximum absolute atomic E-state index is 13.1. The molecule has 27 heavy (non-hydrogen) atoms. The summed E-state index contributed by atoms with van der Waals surface area (Å²) in [6.07, 6.45) is 3.88. The summed E-state index contributed by atoms with van der Waals surface area (Å²) in [5.74, 6) is 1.53. The number of hydrogen-bond donors (Lipinski definition) is 1. The third-order valence-electron chi connectivity index (χ3n) is 6.13. The summed E-state index contributed by atoms with van der Waals surface area (Å²) in [7, 11) is 0. The normalized spacial score (nSPS) is 24.4. The third kappa shape index (κ3) is 3.61. The molecule has 3 heterocycles. The van der Waals surface area contributed by atoms with Gasteiger partial charge in [-0.15, -0.1) is 0 Å². The zero-order valence-electron chi connectivity index (χ0n) is 16.2. The molecule has 1 aromatic carbocycles. The van der Waals surface area contributed by atoms with E-state index in [0.717, 1.165) is 44.8 Å². The third-order valence-corrected chi connectivity index (χ3v) is 6.13. The van der Waals surface area contributed by atoms with Crippen LogP contribution in [-0.4, -0.2) is 47.0 Å². The van der Waals surface area contributed by atoms with Gasteiger partial charge in [-0.1, -0.05) is 44.2 Å². The molecule has 0 aliphatic carbocycles. The van der Waals surface area contributed by atoms with Crippen LogP contribution >= 0.6 is 0 Å². The van der Waals surface area contributed by atoms with Crippen molar-refractivity contribution in [3.63, 3.8) is 0 Å². The first-order chi connectivity index (χ1) is 13.1. The van der Waals surface area contributed by atoms with Crippen LogP contribution in [-0.2, 0) is 6.42 Å². The molecule has 2 saturated heterocycles. The van der Waals surface area contributed by atoms with Crippen LogP contribution in [0.1, 0.15) is 48.1 Å².